The molecule has 1 amide bonds. The number of ether oxygens (including phenoxy) is 1. The van der Waals surface area contributed by atoms with Crippen LogP contribution in [-0.2, 0) is 24.0 Å². The van der Waals surface area contributed by atoms with Crippen molar-refractivity contribution in [2.45, 2.75) is 51.5 Å². The van der Waals surface area contributed by atoms with E-state index >= 15 is 0 Å². The molecule has 0 bridgehead atoms. The monoisotopic (exact) mass is 432 g/mol. The predicted molar refractivity (Wildman–Crippen MR) is 127 cm³/mol. The summed E-state index contributed by atoms with van der Waals surface area (Å²) in [6.07, 6.45) is 6.75. The van der Waals surface area contributed by atoms with Gasteiger partial charge in [-0.1, -0.05) is 24.3 Å². The number of nitrogens with zero attached hydrogens (tertiary/aromatic N) is 3. The van der Waals surface area contributed by atoms with Crippen LogP contribution in [-0.4, -0.2) is 53.0 Å². The third-order valence-corrected chi connectivity index (χ3v) is 7.33. The zero-order valence-corrected chi connectivity index (χ0v) is 19.5. The van der Waals surface area contributed by atoms with E-state index in [0.29, 0.717) is 13.2 Å². The Bertz CT molecular complexity index is 1170. The fourth-order valence-corrected chi connectivity index (χ4v) is 5.42. The van der Waals surface area contributed by atoms with E-state index in [4.69, 9.17) is 9.72 Å². The van der Waals surface area contributed by atoms with Gasteiger partial charge >= 0.3 is 0 Å². The molecule has 0 radical (unpaired) electrons. The molecule has 6 heteroatoms. The van der Waals surface area contributed by atoms with Crippen molar-refractivity contribution in [3.63, 3.8) is 0 Å². The minimum absolute atomic E-state index is 0.00300. The van der Waals surface area contributed by atoms with Crippen LogP contribution in [0.15, 0.2) is 30.5 Å². The van der Waals surface area contributed by atoms with Gasteiger partial charge in [-0.2, -0.15) is 0 Å². The summed E-state index contributed by atoms with van der Waals surface area (Å²) in [5.74, 6) is 0.0671. The van der Waals surface area contributed by atoms with Gasteiger partial charge in [0.25, 0.3) is 5.91 Å². The number of hydrogen-bond acceptors (Lipinski definition) is 4. The molecular weight excluding hydrogens is 400 g/mol. The normalized spacial score (nSPS) is 16.1. The molecule has 0 saturated heterocycles. The number of aromatic nitrogens is 2. The molecular formula is C26H32N4O2. The fourth-order valence-electron chi connectivity index (χ4n) is 5.42. The molecule has 1 aromatic carbocycles. The van der Waals surface area contributed by atoms with Crippen molar-refractivity contribution in [2.24, 2.45) is 0 Å². The second kappa shape index (κ2) is 7.93. The number of aryl methyl sites for hydroxylation is 2. The maximum atomic E-state index is 13.5. The number of carbonyl (C=O) groups excluding carboxylic acids is 1. The number of benzene rings is 1. The summed E-state index contributed by atoms with van der Waals surface area (Å²) < 4.78 is 7.26. The Morgan fingerprint density at radius 2 is 1.97 bits per heavy atom. The summed E-state index contributed by atoms with van der Waals surface area (Å²) in [7, 11) is 3.57. The van der Waals surface area contributed by atoms with Gasteiger partial charge in [0.15, 0.2) is 5.65 Å². The number of amides is 1. The first-order valence-electron chi connectivity index (χ1n) is 11.5. The molecule has 1 aliphatic carbocycles. The average molecular weight is 433 g/mol. The zero-order valence-electron chi connectivity index (χ0n) is 19.5. The first-order valence-corrected chi connectivity index (χ1v) is 11.5. The van der Waals surface area contributed by atoms with Crippen LogP contribution in [0.25, 0.3) is 5.65 Å². The summed E-state index contributed by atoms with van der Waals surface area (Å²) in [6.45, 7) is 5.44. The maximum absolute atomic E-state index is 13.5. The lowest BCUT2D eigenvalue weighted by Crippen LogP contribution is -2.43. The molecule has 5 rings (SSSR count). The molecule has 2 aliphatic rings. The highest BCUT2D eigenvalue weighted by atomic mass is 16.5. The smallest absolute Gasteiger partial charge is 0.255 e. The molecule has 168 valence electrons. The molecule has 32 heavy (non-hydrogen) atoms. The average Bonchev–Trinajstić information content (AvgIpc) is 3.29. The Labute approximate surface area is 189 Å². The number of imidazole rings is 1. The Balaban J connectivity index is 1.56. The number of hydrogen-bond donors (Lipinski definition) is 1. The molecule has 0 fully saturated rings. The van der Waals surface area contributed by atoms with Gasteiger partial charge < -0.3 is 19.4 Å². The highest BCUT2D eigenvalue weighted by Crippen LogP contribution is 2.43. The lowest BCUT2D eigenvalue weighted by Gasteiger charge is -2.38. The summed E-state index contributed by atoms with van der Waals surface area (Å²) in [6, 6.07) is 8.75. The van der Waals surface area contributed by atoms with E-state index in [2.05, 4.69) is 40.9 Å². The van der Waals surface area contributed by atoms with Crippen LogP contribution in [0.4, 0.5) is 5.69 Å². The molecule has 2 aromatic heterocycles. The number of carbonyl (C=O) groups is 1. The second-order valence-electron chi connectivity index (χ2n) is 9.47. The van der Waals surface area contributed by atoms with Crippen molar-refractivity contribution < 1.29 is 9.53 Å². The SMILES string of the molecule is COCCCN(C)C(=O)c1cn2c(C)c(C)nc2c2c1CCC1(Cc3ccccc3C1)N2. The molecule has 3 aromatic rings. The van der Waals surface area contributed by atoms with Crippen LogP contribution >= 0.6 is 0 Å². The van der Waals surface area contributed by atoms with Crippen LogP contribution in [0.2, 0.25) is 0 Å². The largest absolute Gasteiger partial charge is 0.385 e. The van der Waals surface area contributed by atoms with Crippen molar-refractivity contribution in [2.75, 3.05) is 32.6 Å². The molecule has 3 heterocycles. The number of anilines is 1. The zero-order chi connectivity index (χ0) is 22.5. The van der Waals surface area contributed by atoms with E-state index in [1.54, 1.807) is 7.11 Å². The topological polar surface area (TPSA) is 58.9 Å². The maximum Gasteiger partial charge on any atom is 0.255 e. The van der Waals surface area contributed by atoms with Crippen molar-refractivity contribution in [3.8, 4) is 0 Å². The summed E-state index contributed by atoms with van der Waals surface area (Å²) in [5.41, 5.74) is 8.80. The first-order chi connectivity index (χ1) is 15.4. The van der Waals surface area contributed by atoms with E-state index < -0.39 is 0 Å². The van der Waals surface area contributed by atoms with Crippen LogP contribution in [0.3, 0.4) is 0 Å². The van der Waals surface area contributed by atoms with Gasteiger partial charge in [-0.05, 0) is 62.6 Å². The lowest BCUT2D eigenvalue weighted by molar-refractivity contribution is 0.0777. The van der Waals surface area contributed by atoms with Gasteiger partial charge in [-0.25, -0.2) is 4.98 Å². The highest BCUT2D eigenvalue weighted by molar-refractivity contribution is 5.98. The van der Waals surface area contributed by atoms with Crippen molar-refractivity contribution in [3.05, 3.63) is 64.1 Å². The van der Waals surface area contributed by atoms with Crippen LogP contribution < -0.4 is 5.32 Å². The van der Waals surface area contributed by atoms with Crippen LogP contribution in [0.1, 0.15) is 51.3 Å². The van der Waals surface area contributed by atoms with Crippen LogP contribution in [0, 0.1) is 13.8 Å². The summed E-state index contributed by atoms with van der Waals surface area (Å²) in [4.78, 5) is 20.2. The van der Waals surface area contributed by atoms with E-state index in [9.17, 15) is 4.79 Å². The second-order valence-corrected chi connectivity index (χ2v) is 9.47. The number of fused-ring (bicyclic) bond motifs is 4. The highest BCUT2D eigenvalue weighted by Gasteiger charge is 2.41. The first kappa shape index (κ1) is 21.0. The number of methoxy groups -OCH3 is 1. The quantitative estimate of drug-likeness (QED) is 0.620. The third kappa shape index (κ3) is 3.37. The molecule has 1 N–H and O–H groups in total. The molecule has 1 spiro atoms. The van der Waals surface area contributed by atoms with E-state index in [1.165, 1.54) is 11.1 Å². The molecule has 1 aliphatic heterocycles. The van der Waals surface area contributed by atoms with Crippen molar-refractivity contribution >= 4 is 17.2 Å². The Morgan fingerprint density at radius 3 is 2.66 bits per heavy atom. The Morgan fingerprint density at radius 1 is 1.25 bits per heavy atom. The molecule has 0 unspecified atom stereocenters. The molecule has 0 saturated carbocycles. The summed E-state index contributed by atoms with van der Waals surface area (Å²) >= 11 is 0. The van der Waals surface area contributed by atoms with Crippen molar-refractivity contribution in [1.29, 1.82) is 0 Å². The van der Waals surface area contributed by atoms with Crippen LogP contribution in [0.5, 0.6) is 0 Å². The summed E-state index contributed by atoms with van der Waals surface area (Å²) in [5, 5.41) is 3.92. The van der Waals surface area contributed by atoms with Crippen molar-refractivity contribution in [1.82, 2.24) is 14.3 Å². The van der Waals surface area contributed by atoms with Gasteiger partial charge in [-0.15, -0.1) is 0 Å². The minimum atomic E-state index is -0.00300. The number of rotatable bonds is 5. The Kier molecular flexibility index (Phi) is 5.20. The third-order valence-electron chi connectivity index (χ3n) is 7.33. The molecule has 6 nitrogen and oxygen atoms in total. The lowest BCUT2D eigenvalue weighted by atomic mass is 9.82. The van der Waals surface area contributed by atoms with Gasteiger partial charge in [0.1, 0.15) is 0 Å². The number of nitrogens with one attached hydrogen (secondary N) is 1. The number of pyridine rings is 1. The van der Waals surface area contributed by atoms with Gasteiger partial charge in [-0.3, -0.25) is 4.79 Å². The van der Waals surface area contributed by atoms with Gasteiger partial charge in [0, 0.05) is 44.7 Å². The van der Waals surface area contributed by atoms with Gasteiger partial charge in [0.2, 0.25) is 0 Å². The Hall–Kier alpha value is -2.86. The minimum Gasteiger partial charge on any atom is -0.385 e. The van der Waals surface area contributed by atoms with Gasteiger partial charge in [0.05, 0.1) is 16.9 Å². The standard InChI is InChI=1S/C26H32N4O2/c1-17-18(2)30-16-22(25(31)29(3)12-7-13-32-4)21-10-11-26(28-23(21)24(30)27-17)14-19-8-5-6-9-20(19)15-26/h5-6,8-9,16,28H,7,10-15H2,1-4H3. The van der Waals surface area contributed by atoms with E-state index in [-0.39, 0.29) is 11.4 Å². The van der Waals surface area contributed by atoms with E-state index in [1.807, 2.05) is 25.1 Å². The predicted octanol–water partition coefficient (Wildman–Crippen LogP) is 3.96. The molecule has 0 atom stereocenters. The van der Waals surface area contributed by atoms with E-state index in [0.717, 1.165) is 66.0 Å². The fraction of sp³-hybridized carbons (Fsp3) is 0.462.